The highest BCUT2D eigenvalue weighted by Gasteiger charge is 2.28. The van der Waals surface area contributed by atoms with E-state index in [-0.39, 0.29) is 34.2 Å². The summed E-state index contributed by atoms with van der Waals surface area (Å²) in [6.45, 7) is 1.65. The zero-order chi connectivity index (χ0) is 24.7. The number of para-hydroxylation sites is 1. The third-order valence-corrected chi connectivity index (χ3v) is 6.46. The first-order valence-corrected chi connectivity index (χ1v) is 12.2. The Bertz CT molecular complexity index is 1680. The van der Waals surface area contributed by atoms with Gasteiger partial charge in [0.15, 0.2) is 0 Å². The van der Waals surface area contributed by atoms with E-state index in [1.165, 1.54) is 19.2 Å². The highest BCUT2D eigenvalue weighted by Crippen LogP contribution is 2.35. The monoisotopic (exact) mass is 507 g/mol. The van der Waals surface area contributed by atoms with Crippen molar-refractivity contribution in [1.82, 2.24) is 24.2 Å². The molecule has 0 aliphatic rings. The molecule has 35 heavy (non-hydrogen) atoms. The Morgan fingerprint density at radius 1 is 1.20 bits per heavy atom. The molecule has 5 rings (SSSR count). The lowest BCUT2D eigenvalue weighted by Crippen LogP contribution is -2.22. The number of rotatable bonds is 5. The van der Waals surface area contributed by atoms with Crippen LogP contribution in [0.2, 0.25) is 5.15 Å². The van der Waals surface area contributed by atoms with Crippen molar-refractivity contribution >= 4 is 51.4 Å². The number of hydrogen-bond acceptors (Lipinski definition) is 5. The molecular formula is C25H19ClFN5O2S. The first kappa shape index (κ1) is 23.1. The molecule has 10 heteroatoms. The molecule has 176 valence electrons. The molecule has 0 atom stereocenters. The van der Waals surface area contributed by atoms with E-state index in [9.17, 15) is 14.0 Å². The van der Waals surface area contributed by atoms with E-state index in [1.807, 2.05) is 30.3 Å². The summed E-state index contributed by atoms with van der Waals surface area (Å²) in [6.07, 6.45) is 3.22. The largest absolute Gasteiger partial charge is 0.330 e. The molecular weight excluding hydrogens is 489 g/mol. The molecule has 5 aromatic rings. The van der Waals surface area contributed by atoms with Crippen molar-refractivity contribution in [3.63, 3.8) is 0 Å². The number of amides is 1. The Morgan fingerprint density at radius 2 is 2.00 bits per heavy atom. The highest BCUT2D eigenvalue weighted by molar-refractivity contribution is 7.97. The molecule has 4 heterocycles. The third-order valence-electron chi connectivity index (χ3n) is 5.74. The summed E-state index contributed by atoms with van der Waals surface area (Å²) in [5, 5.41) is 1.14. The molecule has 0 unspecified atom stereocenters. The van der Waals surface area contributed by atoms with Crippen molar-refractivity contribution < 1.29 is 9.18 Å². The third kappa shape index (κ3) is 4.06. The van der Waals surface area contributed by atoms with Gasteiger partial charge in [-0.15, -0.1) is 0 Å². The number of hydrogen-bond donors (Lipinski definition) is 2. The van der Waals surface area contributed by atoms with E-state index in [0.29, 0.717) is 22.2 Å². The number of aromatic amines is 1. The molecule has 0 aliphatic carbocycles. The zero-order valence-electron chi connectivity index (χ0n) is 18.7. The van der Waals surface area contributed by atoms with Gasteiger partial charge in [-0.2, -0.15) is 0 Å². The second kappa shape index (κ2) is 9.16. The number of nitrogens with zero attached hydrogens (tertiary/aromatic N) is 3. The number of benzene rings is 1. The minimum atomic E-state index is -0.524. The van der Waals surface area contributed by atoms with E-state index in [2.05, 4.69) is 19.7 Å². The fourth-order valence-electron chi connectivity index (χ4n) is 4.16. The van der Waals surface area contributed by atoms with Gasteiger partial charge in [0, 0.05) is 35.0 Å². The summed E-state index contributed by atoms with van der Waals surface area (Å²) in [5.74, 6) is -0.971. The Morgan fingerprint density at radius 3 is 2.77 bits per heavy atom. The maximum absolute atomic E-state index is 14.7. The highest BCUT2D eigenvalue weighted by atomic mass is 35.5. The molecule has 0 bridgehead atoms. The van der Waals surface area contributed by atoms with Crippen LogP contribution < -0.4 is 10.3 Å². The summed E-state index contributed by atoms with van der Waals surface area (Å²) >= 11 is 7.65. The molecule has 0 radical (unpaired) electrons. The predicted molar refractivity (Wildman–Crippen MR) is 137 cm³/mol. The van der Waals surface area contributed by atoms with Gasteiger partial charge >= 0.3 is 0 Å². The van der Waals surface area contributed by atoms with Crippen molar-refractivity contribution in [2.24, 2.45) is 0 Å². The van der Waals surface area contributed by atoms with Crippen LogP contribution in [-0.4, -0.2) is 31.7 Å². The number of aryl methyl sites for hydroxylation is 1. The van der Waals surface area contributed by atoms with Crippen LogP contribution in [0.3, 0.4) is 0 Å². The molecule has 0 spiro atoms. The number of carbonyl (C=O) groups excluding carboxylic acids is 1. The number of H-pyrrole nitrogens is 1. The molecule has 0 saturated carbocycles. The minimum Gasteiger partial charge on any atom is -0.330 e. The van der Waals surface area contributed by atoms with Crippen LogP contribution in [-0.2, 0) is 6.54 Å². The Balaban J connectivity index is 1.85. The normalized spacial score (nSPS) is 11.3. The fraction of sp³-hybridized carbons (Fsp3) is 0.120. The number of halogens is 2. The lowest BCUT2D eigenvalue weighted by molar-refractivity contribution is 0.0977. The summed E-state index contributed by atoms with van der Waals surface area (Å²) in [4.78, 5) is 37.7. The number of pyridine rings is 3. The molecule has 4 aromatic heterocycles. The summed E-state index contributed by atoms with van der Waals surface area (Å²) in [5.41, 5.74) is 2.59. The van der Waals surface area contributed by atoms with Crippen LogP contribution in [0, 0.1) is 12.7 Å². The van der Waals surface area contributed by atoms with E-state index in [1.54, 1.807) is 23.0 Å². The van der Waals surface area contributed by atoms with E-state index < -0.39 is 11.7 Å². The number of fused-ring (bicyclic) bond motifs is 2. The van der Waals surface area contributed by atoms with Crippen LogP contribution in [0.5, 0.6) is 0 Å². The van der Waals surface area contributed by atoms with Gasteiger partial charge in [-0.3, -0.25) is 14.3 Å². The van der Waals surface area contributed by atoms with Crippen LogP contribution >= 0.6 is 23.5 Å². The molecule has 0 fully saturated rings. The Kier molecular flexibility index (Phi) is 6.04. The molecule has 2 N–H and O–H groups in total. The van der Waals surface area contributed by atoms with Gasteiger partial charge in [0.25, 0.3) is 11.5 Å². The minimum absolute atomic E-state index is 0.110. The second-order valence-electron chi connectivity index (χ2n) is 7.91. The number of aromatic nitrogens is 4. The summed E-state index contributed by atoms with van der Waals surface area (Å²) in [7, 11) is 0. The van der Waals surface area contributed by atoms with Crippen molar-refractivity contribution in [1.29, 1.82) is 0 Å². The average molecular weight is 508 g/mol. The Hall–Kier alpha value is -3.69. The maximum Gasteiger partial charge on any atom is 0.278 e. The molecule has 0 saturated heterocycles. The lowest BCUT2D eigenvalue weighted by Gasteiger charge is -2.13. The maximum atomic E-state index is 14.7. The number of carbonyl (C=O) groups is 1. The van der Waals surface area contributed by atoms with Crippen molar-refractivity contribution in [3.05, 3.63) is 93.0 Å². The zero-order valence-corrected chi connectivity index (χ0v) is 20.3. The van der Waals surface area contributed by atoms with Crippen molar-refractivity contribution in [2.45, 2.75) is 13.5 Å². The molecule has 0 aliphatic heterocycles. The van der Waals surface area contributed by atoms with Crippen LogP contribution in [0.1, 0.15) is 21.7 Å². The SMILES string of the molecule is CSNC(=O)c1c(-c2ccc[nH]c2=O)c2nc(C)c(F)cc2n1Cc1cc2ccccc2nc1Cl. The van der Waals surface area contributed by atoms with Crippen molar-refractivity contribution in [3.8, 4) is 11.1 Å². The van der Waals surface area contributed by atoms with Crippen LogP contribution in [0.25, 0.3) is 33.1 Å². The molecule has 1 aromatic carbocycles. The van der Waals surface area contributed by atoms with Gasteiger partial charge in [-0.1, -0.05) is 41.7 Å². The predicted octanol–water partition coefficient (Wildman–Crippen LogP) is 5.10. The topological polar surface area (TPSA) is 92.7 Å². The van der Waals surface area contributed by atoms with E-state index in [0.717, 1.165) is 22.9 Å². The summed E-state index contributed by atoms with van der Waals surface area (Å²) in [6, 6.07) is 14.0. The van der Waals surface area contributed by atoms with Crippen LogP contribution in [0.4, 0.5) is 4.39 Å². The summed E-state index contributed by atoms with van der Waals surface area (Å²) < 4.78 is 19.1. The van der Waals surface area contributed by atoms with Crippen molar-refractivity contribution in [2.75, 3.05) is 6.26 Å². The molecule has 1 amide bonds. The Labute approximate surface area is 208 Å². The van der Waals surface area contributed by atoms with Gasteiger partial charge in [-0.05, 0) is 31.2 Å². The van der Waals surface area contributed by atoms with Gasteiger partial charge in [-0.25, -0.2) is 14.4 Å². The first-order valence-electron chi connectivity index (χ1n) is 10.6. The van der Waals surface area contributed by atoms with Gasteiger partial charge < -0.3 is 9.55 Å². The van der Waals surface area contributed by atoms with E-state index in [4.69, 9.17) is 11.6 Å². The fourth-order valence-corrected chi connectivity index (χ4v) is 4.65. The smallest absolute Gasteiger partial charge is 0.278 e. The lowest BCUT2D eigenvalue weighted by atomic mass is 10.1. The average Bonchev–Trinajstić information content (AvgIpc) is 3.13. The van der Waals surface area contributed by atoms with E-state index >= 15 is 0 Å². The van der Waals surface area contributed by atoms with Gasteiger partial charge in [0.2, 0.25) is 0 Å². The number of nitrogens with one attached hydrogen (secondary N) is 2. The van der Waals surface area contributed by atoms with Gasteiger partial charge in [0.1, 0.15) is 16.7 Å². The van der Waals surface area contributed by atoms with Crippen LogP contribution in [0.15, 0.2) is 59.5 Å². The first-order chi connectivity index (χ1) is 16.9. The standard InChI is InChI=1S/C25H19ClFN5O2S/c1-13-17(27)11-19-21(29-13)20(16-7-5-9-28-24(16)33)22(25(34)31-35-2)32(19)12-15-10-14-6-3-4-8-18(14)30-23(15)26/h3-11H,12H2,1-2H3,(H,28,33)(H,31,34). The van der Waals surface area contributed by atoms with Gasteiger partial charge in [0.05, 0.1) is 34.4 Å². The second-order valence-corrected chi connectivity index (χ2v) is 8.88. The quantitative estimate of drug-likeness (QED) is 0.255. The molecule has 7 nitrogen and oxygen atoms in total.